The van der Waals surface area contributed by atoms with Crippen LogP contribution in [0.15, 0.2) is 18.2 Å². The van der Waals surface area contributed by atoms with E-state index in [0.717, 1.165) is 25.3 Å². The standard InChI is InChI=1S/C13H17Cl2NO.C2H2O4/c14-12-5-4-11(10-13(12)15)17-9-3-8-16-6-1-2-7-16;3-1(4)2(5)6/h4-5,10H,1-3,6-9H2;(H,3,4)(H,5,6). The fourth-order valence-electron chi connectivity index (χ4n) is 2.05. The molecule has 0 amide bonds. The predicted octanol–water partition coefficient (Wildman–Crippen LogP) is 3.01. The van der Waals surface area contributed by atoms with Crippen LogP contribution in [0.4, 0.5) is 0 Å². The highest BCUT2D eigenvalue weighted by Gasteiger charge is 2.10. The van der Waals surface area contributed by atoms with Crippen molar-refractivity contribution in [2.24, 2.45) is 0 Å². The molecule has 1 aromatic carbocycles. The molecule has 2 N–H and O–H groups in total. The van der Waals surface area contributed by atoms with Crippen molar-refractivity contribution in [1.82, 2.24) is 4.90 Å². The van der Waals surface area contributed by atoms with Gasteiger partial charge in [0.2, 0.25) is 0 Å². The maximum absolute atomic E-state index is 9.10. The highest BCUT2D eigenvalue weighted by molar-refractivity contribution is 6.42. The summed E-state index contributed by atoms with van der Waals surface area (Å²) in [5.74, 6) is -2.86. The second-order valence-electron chi connectivity index (χ2n) is 4.94. The van der Waals surface area contributed by atoms with Crippen LogP contribution in [0.5, 0.6) is 5.75 Å². The van der Waals surface area contributed by atoms with E-state index in [9.17, 15) is 0 Å². The summed E-state index contributed by atoms with van der Waals surface area (Å²) in [5.41, 5.74) is 0. The van der Waals surface area contributed by atoms with E-state index in [1.807, 2.05) is 6.07 Å². The van der Waals surface area contributed by atoms with Crippen LogP contribution in [0.3, 0.4) is 0 Å². The lowest BCUT2D eigenvalue weighted by atomic mass is 10.3. The molecule has 0 bridgehead atoms. The molecule has 0 saturated carbocycles. The second-order valence-corrected chi connectivity index (χ2v) is 5.75. The lowest BCUT2D eigenvalue weighted by Gasteiger charge is -2.14. The summed E-state index contributed by atoms with van der Waals surface area (Å²) in [7, 11) is 0. The first-order chi connectivity index (χ1) is 10.9. The number of hydrogen-bond acceptors (Lipinski definition) is 4. The molecular formula is C15H19Cl2NO5. The van der Waals surface area contributed by atoms with Gasteiger partial charge in [-0.3, -0.25) is 0 Å². The Kier molecular flexibility index (Phi) is 8.76. The molecule has 0 spiro atoms. The molecule has 23 heavy (non-hydrogen) atoms. The zero-order valence-electron chi connectivity index (χ0n) is 12.5. The third-order valence-corrected chi connectivity index (χ3v) is 3.90. The number of hydrogen-bond donors (Lipinski definition) is 2. The first-order valence-electron chi connectivity index (χ1n) is 7.16. The summed E-state index contributed by atoms with van der Waals surface area (Å²) in [6.45, 7) is 4.34. The minimum Gasteiger partial charge on any atom is -0.493 e. The van der Waals surface area contributed by atoms with Gasteiger partial charge in [0.05, 0.1) is 16.7 Å². The first-order valence-corrected chi connectivity index (χ1v) is 7.92. The van der Waals surface area contributed by atoms with Crippen LogP contribution >= 0.6 is 23.2 Å². The molecule has 1 aliphatic heterocycles. The summed E-state index contributed by atoms with van der Waals surface area (Å²) in [5, 5.41) is 15.9. The van der Waals surface area contributed by atoms with E-state index >= 15 is 0 Å². The quantitative estimate of drug-likeness (QED) is 0.617. The molecule has 6 nitrogen and oxygen atoms in total. The average molecular weight is 364 g/mol. The second kappa shape index (κ2) is 10.3. The van der Waals surface area contributed by atoms with Crippen molar-refractivity contribution in [1.29, 1.82) is 0 Å². The van der Waals surface area contributed by atoms with Gasteiger partial charge < -0.3 is 19.8 Å². The van der Waals surface area contributed by atoms with Crippen LogP contribution in [-0.2, 0) is 9.59 Å². The molecular weight excluding hydrogens is 345 g/mol. The fraction of sp³-hybridized carbons (Fsp3) is 0.467. The van der Waals surface area contributed by atoms with Crippen molar-refractivity contribution in [3.8, 4) is 5.75 Å². The van der Waals surface area contributed by atoms with E-state index < -0.39 is 11.9 Å². The van der Waals surface area contributed by atoms with Gasteiger partial charge in [-0.1, -0.05) is 23.2 Å². The molecule has 8 heteroatoms. The predicted molar refractivity (Wildman–Crippen MR) is 87.5 cm³/mol. The fourth-order valence-corrected chi connectivity index (χ4v) is 2.34. The van der Waals surface area contributed by atoms with Gasteiger partial charge in [-0.2, -0.15) is 0 Å². The Morgan fingerprint density at radius 2 is 1.70 bits per heavy atom. The SMILES string of the molecule is Clc1ccc(OCCCN2CCCC2)cc1Cl.O=C(O)C(=O)O. The first kappa shape index (κ1) is 19.5. The summed E-state index contributed by atoms with van der Waals surface area (Å²) < 4.78 is 5.63. The van der Waals surface area contributed by atoms with Crippen molar-refractivity contribution < 1.29 is 24.5 Å². The molecule has 1 saturated heterocycles. The normalized spacial score (nSPS) is 14.0. The van der Waals surface area contributed by atoms with Crippen molar-refractivity contribution in [3.63, 3.8) is 0 Å². The zero-order valence-corrected chi connectivity index (χ0v) is 14.0. The highest BCUT2D eigenvalue weighted by Crippen LogP contribution is 2.26. The Morgan fingerprint density at radius 1 is 1.09 bits per heavy atom. The van der Waals surface area contributed by atoms with Crippen LogP contribution in [0.2, 0.25) is 10.0 Å². The molecule has 128 valence electrons. The van der Waals surface area contributed by atoms with Gasteiger partial charge in [-0.25, -0.2) is 9.59 Å². The van der Waals surface area contributed by atoms with E-state index in [1.54, 1.807) is 12.1 Å². The van der Waals surface area contributed by atoms with Gasteiger partial charge in [0.15, 0.2) is 0 Å². The molecule has 0 radical (unpaired) electrons. The van der Waals surface area contributed by atoms with Crippen molar-refractivity contribution in [3.05, 3.63) is 28.2 Å². The zero-order chi connectivity index (χ0) is 17.2. The van der Waals surface area contributed by atoms with Gasteiger partial charge in [0.1, 0.15) is 5.75 Å². The number of halogens is 2. The molecule has 1 fully saturated rings. The number of aliphatic carboxylic acids is 2. The van der Waals surface area contributed by atoms with Crippen LogP contribution in [-0.4, -0.2) is 53.3 Å². The number of carboxylic acid groups (broad SMARTS) is 2. The number of benzene rings is 1. The number of ether oxygens (including phenoxy) is 1. The number of carbonyl (C=O) groups is 2. The smallest absolute Gasteiger partial charge is 0.414 e. The lowest BCUT2D eigenvalue weighted by molar-refractivity contribution is -0.159. The Hall–Kier alpha value is -1.50. The highest BCUT2D eigenvalue weighted by atomic mass is 35.5. The third-order valence-electron chi connectivity index (χ3n) is 3.16. The van der Waals surface area contributed by atoms with Crippen molar-refractivity contribution >= 4 is 35.1 Å². The maximum Gasteiger partial charge on any atom is 0.414 e. The summed E-state index contributed by atoms with van der Waals surface area (Å²) >= 11 is 11.7. The molecule has 1 aliphatic rings. The van der Waals surface area contributed by atoms with Gasteiger partial charge in [-0.15, -0.1) is 0 Å². The number of likely N-dealkylation sites (tertiary alicyclic amines) is 1. The Balaban J connectivity index is 0.000000379. The average Bonchev–Trinajstić information content (AvgIpc) is 3.01. The number of nitrogens with zero attached hydrogens (tertiary/aromatic N) is 1. The molecule has 2 rings (SSSR count). The summed E-state index contributed by atoms with van der Waals surface area (Å²) in [6, 6.07) is 5.38. The van der Waals surface area contributed by atoms with Gasteiger partial charge >= 0.3 is 11.9 Å². The van der Waals surface area contributed by atoms with E-state index in [1.165, 1.54) is 25.9 Å². The molecule has 0 aliphatic carbocycles. The Bertz CT molecular complexity index is 521. The third kappa shape index (κ3) is 8.06. The summed E-state index contributed by atoms with van der Waals surface area (Å²) in [4.78, 5) is 20.7. The van der Waals surface area contributed by atoms with E-state index in [0.29, 0.717) is 10.0 Å². The molecule has 0 unspecified atom stereocenters. The van der Waals surface area contributed by atoms with E-state index in [4.69, 9.17) is 47.7 Å². The maximum atomic E-state index is 9.10. The summed E-state index contributed by atoms with van der Waals surface area (Å²) in [6.07, 6.45) is 3.74. The minimum absolute atomic E-state index is 0.545. The van der Waals surface area contributed by atoms with E-state index in [2.05, 4.69) is 4.90 Å². The molecule has 0 aromatic heterocycles. The number of carboxylic acids is 2. The van der Waals surface area contributed by atoms with Crippen LogP contribution in [0.1, 0.15) is 19.3 Å². The van der Waals surface area contributed by atoms with Crippen LogP contribution in [0.25, 0.3) is 0 Å². The van der Waals surface area contributed by atoms with Crippen LogP contribution in [0, 0.1) is 0 Å². The topological polar surface area (TPSA) is 87.1 Å². The van der Waals surface area contributed by atoms with Crippen molar-refractivity contribution in [2.75, 3.05) is 26.2 Å². The molecule has 1 aromatic rings. The Labute approximate surface area is 144 Å². The largest absolute Gasteiger partial charge is 0.493 e. The van der Waals surface area contributed by atoms with Crippen LogP contribution < -0.4 is 4.74 Å². The minimum atomic E-state index is -1.82. The van der Waals surface area contributed by atoms with Gasteiger partial charge in [-0.05, 0) is 44.5 Å². The molecule has 1 heterocycles. The number of rotatable bonds is 5. The Morgan fingerprint density at radius 3 is 2.22 bits per heavy atom. The monoisotopic (exact) mass is 363 g/mol. The molecule has 0 atom stereocenters. The van der Waals surface area contributed by atoms with Gasteiger partial charge in [0, 0.05) is 12.6 Å². The van der Waals surface area contributed by atoms with E-state index in [-0.39, 0.29) is 0 Å². The van der Waals surface area contributed by atoms with Gasteiger partial charge in [0.25, 0.3) is 0 Å². The van der Waals surface area contributed by atoms with Crippen molar-refractivity contribution in [2.45, 2.75) is 19.3 Å². The lowest BCUT2D eigenvalue weighted by Crippen LogP contribution is -2.21.